The van der Waals surface area contributed by atoms with Crippen LogP contribution in [0, 0.1) is 13.5 Å². The quantitative estimate of drug-likeness (QED) is 0.189. The van der Waals surface area contributed by atoms with E-state index in [4.69, 9.17) is 29.5 Å². The molecule has 2 aromatic heterocycles. The number of hydrogen-bond donors (Lipinski definition) is 1. The molecule has 8 nitrogen and oxygen atoms in total. The number of benzene rings is 1. The summed E-state index contributed by atoms with van der Waals surface area (Å²) in [6.07, 6.45) is 7.00. The molecular formula is C26H34N8S. The van der Waals surface area contributed by atoms with Crippen LogP contribution in [0.4, 0.5) is 0 Å². The number of fused-ring (bicyclic) bond motifs is 1. The van der Waals surface area contributed by atoms with Crippen molar-refractivity contribution >= 4 is 34.4 Å². The second kappa shape index (κ2) is 12.4. The van der Waals surface area contributed by atoms with Gasteiger partial charge in [-0.2, -0.15) is 5.10 Å². The van der Waals surface area contributed by atoms with Crippen LogP contribution in [0.15, 0.2) is 35.8 Å². The van der Waals surface area contributed by atoms with Gasteiger partial charge in [0.05, 0.1) is 35.6 Å². The van der Waals surface area contributed by atoms with E-state index in [0.717, 1.165) is 65.0 Å². The molecule has 9 heteroatoms. The Morgan fingerprint density at radius 1 is 1.26 bits per heavy atom. The summed E-state index contributed by atoms with van der Waals surface area (Å²) in [6.45, 7) is 17.7. The van der Waals surface area contributed by atoms with Crippen LogP contribution in [0.1, 0.15) is 37.0 Å². The van der Waals surface area contributed by atoms with Gasteiger partial charge in [0, 0.05) is 31.0 Å². The lowest BCUT2D eigenvalue weighted by Crippen LogP contribution is -2.34. The molecule has 184 valence electrons. The first-order valence-electron chi connectivity index (χ1n) is 11.9. The highest BCUT2D eigenvalue weighted by Gasteiger charge is 2.13. The highest BCUT2D eigenvalue weighted by molar-refractivity contribution is 7.80. The van der Waals surface area contributed by atoms with Crippen molar-refractivity contribution < 1.29 is 0 Å². The zero-order valence-electron chi connectivity index (χ0n) is 21.0. The van der Waals surface area contributed by atoms with E-state index < -0.39 is 0 Å². The Morgan fingerprint density at radius 3 is 2.66 bits per heavy atom. The number of nitrogens with zero attached hydrogens (tertiary/aromatic N) is 7. The predicted octanol–water partition coefficient (Wildman–Crippen LogP) is 4.02. The Morgan fingerprint density at radius 2 is 2.03 bits per heavy atom. The van der Waals surface area contributed by atoms with E-state index in [-0.39, 0.29) is 5.11 Å². The highest BCUT2D eigenvalue weighted by Crippen LogP contribution is 2.26. The number of rotatable bonds is 11. The van der Waals surface area contributed by atoms with Gasteiger partial charge in [-0.3, -0.25) is 0 Å². The van der Waals surface area contributed by atoms with Crippen LogP contribution in [0.5, 0.6) is 0 Å². The molecular weight excluding hydrogens is 456 g/mol. The Labute approximate surface area is 213 Å². The lowest BCUT2D eigenvalue weighted by molar-refractivity contribution is 0.284. The molecule has 0 bridgehead atoms. The molecule has 0 amide bonds. The van der Waals surface area contributed by atoms with Crippen LogP contribution in [0.25, 0.3) is 27.1 Å². The van der Waals surface area contributed by atoms with E-state index in [1.54, 1.807) is 17.5 Å². The van der Waals surface area contributed by atoms with Crippen molar-refractivity contribution in [2.45, 2.75) is 33.6 Å². The molecule has 2 N–H and O–H groups in total. The van der Waals surface area contributed by atoms with Crippen molar-refractivity contribution in [2.75, 3.05) is 32.7 Å². The van der Waals surface area contributed by atoms with E-state index in [2.05, 4.69) is 52.7 Å². The van der Waals surface area contributed by atoms with Gasteiger partial charge < -0.3 is 20.0 Å². The van der Waals surface area contributed by atoms with Gasteiger partial charge in [-0.15, -0.1) is 0 Å². The van der Waals surface area contributed by atoms with E-state index in [1.807, 2.05) is 23.9 Å². The maximum absolute atomic E-state index is 7.17. The second-order valence-electron chi connectivity index (χ2n) is 8.50. The molecule has 3 rings (SSSR count). The van der Waals surface area contributed by atoms with Gasteiger partial charge in [0.2, 0.25) is 6.54 Å². The van der Waals surface area contributed by atoms with Gasteiger partial charge in [-0.1, -0.05) is 13.8 Å². The molecule has 3 aromatic rings. The minimum Gasteiger partial charge on any atom is -0.375 e. The molecule has 0 aliphatic heterocycles. The molecule has 0 aliphatic carbocycles. The molecule has 0 unspecified atom stereocenters. The van der Waals surface area contributed by atoms with Crippen molar-refractivity contribution in [1.29, 1.82) is 0 Å². The Kier molecular flexibility index (Phi) is 9.29. The predicted molar refractivity (Wildman–Crippen MR) is 147 cm³/mol. The zero-order chi connectivity index (χ0) is 25.4. The minimum absolute atomic E-state index is 0.250. The van der Waals surface area contributed by atoms with Crippen LogP contribution in [-0.2, 0) is 13.5 Å². The summed E-state index contributed by atoms with van der Waals surface area (Å²) in [5.41, 5.74) is 11.8. The van der Waals surface area contributed by atoms with Crippen molar-refractivity contribution in [1.82, 2.24) is 24.4 Å². The Balaban J connectivity index is 2.01. The number of nitrogens with two attached hydrogens (primary N) is 1. The summed E-state index contributed by atoms with van der Waals surface area (Å²) < 4.78 is 1.95. The number of imidazole rings is 1. The standard InChI is InChI=1S/C26H34N8S/c1-6-33(7-2)11-8-12-34(26(27)35)30-16-21-15-24(25-17-29-18-32(25)5)31-23-13-19(3)20(9-10-28-4)14-22(21)23/h13-18H,6-12H2,1-3,5H3,(H2,27,35)/b30-16+. The Bertz CT molecular complexity index is 1240. The number of hydrazone groups is 1. The maximum atomic E-state index is 7.17. The van der Waals surface area contributed by atoms with Crippen LogP contribution in [0.3, 0.4) is 0 Å². The van der Waals surface area contributed by atoms with E-state index in [1.165, 1.54) is 0 Å². The van der Waals surface area contributed by atoms with Gasteiger partial charge in [0.15, 0.2) is 5.11 Å². The van der Waals surface area contributed by atoms with Gasteiger partial charge in [0.1, 0.15) is 0 Å². The average Bonchev–Trinajstić information content (AvgIpc) is 3.27. The topological polar surface area (TPSA) is 79.9 Å². The Hall–Kier alpha value is -3.35. The molecule has 0 atom stereocenters. The monoisotopic (exact) mass is 490 g/mol. The van der Waals surface area contributed by atoms with Gasteiger partial charge in [0.25, 0.3) is 0 Å². The first-order valence-corrected chi connectivity index (χ1v) is 12.4. The maximum Gasteiger partial charge on any atom is 0.218 e. The zero-order valence-corrected chi connectivity index (χ0v) is 21.8. The summed E-state index contributed by atoms with van der Waals surface area (Å²) in [7, 11) is 1.95. The van der Waals surface area contributed by atoms with E-state index in [0.29, 0.717) is 19.5 Å². The molecule has 0 fully saturated rings. The summed E-state index contributed by atoms with van der Waals surface area (Å²) >= 11 is 5.28. The third-order valence-electron chi connectivity index (χ3n) is 6.20. The fraction of sp³-hybridized carbons (Fsp3) is 0.423. The molecule has 1 aromatic carbocycles. The van der Waals surface area contributed by atoms with Crippen molar-refractivity contribution in [3.8, 4) is 11.4 Å². The van der Waals surface area contributed by atoms with E-state index in [9.17, 15) is 0 Å². The number of pyridine rings is 1. The summed E-state index contributed by atoms with van der Waals surface area (Å²) in [4.78, 5) is 15.1. The lowest BCUT2D eigenvalue weighted by Gasteiger charge is -2.21. The van der Waals surface area contributed by atoms with Gasteiger partial charge in [-0.25, -0.2) is 21.5 Å². The largest absolute Gasteiger partial charge is 0.375 e. The smallest absolute Gasteiger partial charge is 0.218 e. The summed E-state index contributed by atoms with van der Waals surface area (Å²) in [5.74, 6) is 0. The van der Waals surface area contributed by atoms with Crippen LogP contribution < -0.4 is 5.73 Å². The molecule has 0 spiro atoms. The van der Waals surface area contributed by atoms with Crippen LogP contribution in [-0.4, -0.2) is 68.5 Å². The van der Waals surface area contributed by atoms with Crippen molar-refractivity contribution in [3.05, 3.63) is 58.8 Å². The van der Waals surface area contributed by atoms with Crippen molar-refractivity contribution in [3.63, 3.8) is 0 Å². The molecule has 0 saturated heterocycles. The summed E-state index contributed by atoms with van der Waals surface area (Å²) in [5, 5.41) is 7.59. The fourth-order valence-electron chi connectivity index (χ4n) is 4.08. The third kappa shape index (κ3) is 6.62. The second-order valence-corrected chi connectivity index (χ2v) is 8.92. The normalized spacial score (nSPS) is 11.4. The van der Waals surface area contributed by atoms with Crippen LogP contribution in [0.2, 0.25) is 0 Å². The van der Waals surface area contributed by atoms with Gasteiger partial charge >= 0.3 is 0 Å². The van der Waals surface area contributed by atoms with Gasteiger partial charge in [-0.05, 0) is 74.5 Å². The molecule has 2 heterocycles. The third-order valence-corrected chi connectivity index (χ3v) is 6.41. The van der Waals surface area contributed by atoms with Crippen LogP contribution >= 0.6 is 12.2 Å². The number of aromatic nitrogens is 3. The fourth-order valence-corrected chi connectivity index (χ4v) is 4.22. The highest BCUT2D eigenvalue weighted by atomic mass is 32.1. The lowest BCUT2D eigenvalue weighted by atomic mass is 9.99. The first-order chi connectivity index (χ1) is 16.9. The van der Waals surface area contributed by atoms with E-state index >= 15 is 0 Å². The van der Waals surface area contributed by atoms with Crippen molar-refractivity contribution in [2.24, 2.45) is 17.9 Å². The first kappa shape index (κ1) is 26.3. The molecule has 0 aliphatic rings. The molecule has 0 saturated carbocycles. The minimum atomic E-state index is 0.250. The average molecular weight is 491 g/mol. The summed E-state index contributed by atoms with van der Waals surface area (Å²) in [6, 6.07) is 6.23. The molecule has 0 radical (unpaired) electrons. The number of aryl methyl sites for hydroxylation is 2. The number of hydrogen-bond acceptors (Lipinski definition) is 5. The molecule has 35 heavy (non-hydrogen) atoms. The number of thiocarbonyl (C=S) groups is 1. The SMILES string of the molecule is [C-]#[N+]CCc1cc2c(/C=N/N(CCCN(CC)CC)C(N)=S)cc(-c3cncn3C)nc2cc1C.